The summed E-state index contributed by atoms with van der Waals surface area (Å²) in [4.78, 5) is 28.9. The molecule has 0 saturated heterocycles. The summed E-state index contributed by atoms with van der Waals surface area (Å²) >= 11 is 0. The van der Waals surface area contributed by atoms with Crippen molar-refractivity contribution in [2.75, 3.05) is 33.6 Å². The molecular formula is C17H21N3O6. The summed E-state index contributed by atoms with van der Waals surface area (Å²) in [6.45, 7) is 1.33. The maximum atomic E-state index is 12.1. The van der Waals surface area contributed by atoms with E-state index in [0.29, 0.717) is 36.8 Å². The van der Waals surface area contributed by atoms with Gasteiger partial charge in [-0.1, -0.05) is 5.16 Å². The Kier molecular flexibility index (Phi) is 5.90. The lowest BCUT2D eigenvalue weighted by Crippen LogP contribution is -2.37. The molecule has 1 aromatic carbocycles. The van der Waals surface area contributed by atoms with E-state index >= 15 is 0 Å². The van der Waals surface area contributed by atoms with E-state index in [9.17, 15) is 9.59 Å². The van der Waals surface area contributed by atoms with Crippen molar-refractivity contribution in [3.63, 3.8) is 0 Å². The Labute approximate surface area is 150 Å². The van der Waals surface area contributed by atoms with Crippen molar-refractivity contribution in [1.82, 2.24) is 10.6 Å². The molecule has 2 heterocycles. The molecule has 3 rings (SSSR count). The highest BCUT2D eigenvalue weighted by Gasteiger charge is 2.29. The predicted molar refractivity (Wildman–Crippen MR) is 91.1 cm³/mol. The monoisotopic (exact) mass is 363 g/mol. The molecule has 9 nitrogen and oxygen atoms in total. The average molecular weight is 363 g/mol. The van der Waals surface area contributed by atoms with Crippen LogP contribution in [-0.4, -0.2) is 57.2 Å². The van der Waals surface area contributed by atoms with E-state index in [1.807, 2.05) is 12.1 Å². The molecule has 2 aliphatic heterocycles. The molecular weight excluding hydrogens is 342 g/mol. The summed E-state index contributed by atoms with van der Waals surface area (Å²) in [5.41, 5.74) is 1.49. The van der Waals surface area contributed by atoms with Crippen LogP contribution in [0.5, 0.6) is 11.5 Å². The van der Waals surface area contributed by atoms with Gasteiger partial charge in [-0.2, -0.15) is 0 Å². The lowest BCUT2D eigenvalue weighted by Gasteiger charge is -2.09. The van der Waals surface area contributed by atoms with Gasteiger partial charge in [0.15, 0.2) is 11.5 Å². The molecule has 0 fully saturated rings. The lowest BCUT2D eigenvalue weighted by molar-refractivity contribution is -0.131. The van der Waals surface area contributed by atoms with Gasteiger partial charge < -0.3 is 29.7 Å². The number of oxime groups is 1. The molecule has 0 bridgehead atoms. The fourth-order valence-electron chi connectivity index (χ4n) is 2.56. The highest BCUT2D eigenvalue weighted by atomic mass is 16.7. The van der Waals surface area contributed by atoms with Gasteiger partial charge in [0, 0.05) is 38.6 Å². The number of carbonyl (C=O) groups is 2. The normalized spacial score (nSPS) is 17.4. The van der Waals surface area contributed by atoms with Crippen molar-refractivity contribution in [3.8, 4) is 11.5 Å². The van der Waals surface area contributed by atoms with Crippen LogP contribution in [0.2, 0.25) is 0 Å². The molecule has 0 saturated carbocycles. The number of benzene rings is 1. The molecule has 1 unspecified atom stereocenters. The third-order valence-corrected chi connectivity index (χ3v) is 3.95. The largest absolute Gasteiger partial charge is 0.454 e. The molecule has 2 amide bonds. The molecule has 2 aliphatic rings. The number of carbonyl (C=O) groups excluding carboxylic acids is 2. The van der Waals surface area contributed by atoms with Crippen LogP contribution in [0.1, 0.15) is 18.4 Å². The Bertz CT molecular complexity index is 706. The van der Waals surface area contributed by atoms with Crippen molar-refractivity contribution in [3.05, 3.63) is 23.8 Å². The molecule has 9 heteroatoms. The third kappa shape index (κ3) is 4.42. The SMILES string of the molecule is COCCNC(=O)CCNC(=O)C1CC(c2ccc3c(c2)OCO3)=NO1. The number of fused-ring (bicyclic) bond motifs is 1. The van der Waals surface area contributed by atoms with Crippen LogP contribution in [0.15, 0.2) is 23.4 Å². The predicted octanol–water partition coefficient (Wildman–Crippen LogP) is 0.177. The maximum absolute atomic E-state index is 12.1. The van der Waals surface area contributed by atoms with Crippen LogP contribution < -0.4 is 20.1 Å². The van der Waals surface area contributed by atoms with E-state index in [0.717, 1.165) is 5.56 Å². The first-order chi connectivity index (χ1) is 12.7. The second kappa shape index (κ2) is 8.52. The molecule has 1 aromatic rings. The number of amides is 2. The molecule has 26 heavy (non-hydrogen) atoms. The van der Waals surface area contributed by atoms with Gasteiger partial charge in [-0.15, -0.1) is 0 Å². The lowest BCUT2D eigenvalue weighted by atomic mass is 10.0. The quantitative estimate of drug-likeness (QED) is 0.638. The second-order valence-corrected chi connectivity index (χ2v) is 5.79. The fourth-order valence-corrected chi connectivity index (χ4v) is 2.56. The zero-order valence-electron chi connectivity index (χ0n) is 14.4. The van der Waals surface area contributed by atoms with Crippen molar-refractivity contribution >= 4 is 17.5 Å². The summed E-state index contributed by atoms with van der Waals surface area (Å²) < 4.78 is 15.5. The number of hydrogen-bond acceptors (Lipinski definition) is 7. The zero-order chi connectivity index (χ0) is 18.4. The number of ether oxygens (including phenoxy) is 3. The summed E-state index contributed by atoms with van der Waals surface area (Å²) in [5, 5.41) is 9.36. The summed E-state index contributed by atoms with van der Waals surface area (Å²) in [6, 6.07) is 5.46. The van der Waals surface area contributed by atoms with E-state index < -0.39 is 6.10 Å². The molecule has 2 N–H and O–H groups in total. The van der Waals surface area contributed by atoms with Crippen molar-refractivity contribution in [2.45, 2.75) is 18.9 Å². The van der Waals surface area contributed by atoms with Crippen LogP contribution >= 0.6 is 0 Å². The summed E-state index contributed by atoms with van der Waals surface area (Å²) in [6.07, 6.45) is -0.157. The molecule has 0 spiro atoms. The van der Waals surface area contributed by atoms with Gasteiger partial charge in [0.05, 0.1) is 12.3 Å². The summed E-state index contributed by atoms with van der Waals surface area (Å²) in [5.74, 6) is 0.894. The average Bonchev–Trinajstić information content (AvgIpc) is 3.30. The number of methoxy groups -OCH3 is 1. The molecule has 0 aromatic heterocycles. The number of nitrogens with zero attached hydrogens (tertiary/aromatic N) is 1. The minimum absolute atomic E-state index is 0.146. The van der Waals surface area contributed by atoms with Gasteiger partial charge >= 0.3 is 0 Å². The van der Waals surface area contributed by atoms with Crippen LogP contribution in [0.3, 0.4) is 0 Å². The smallest absolute Gasteiger partial charge is 0.264 e. The fraction of sp³-hybridized carbons (Fsp3) is 0.471. The Hall–Kier alpha value is -2.81. The van der Waals surface area contributed by atoms with E-state index in [2.05, 4.69) is 15.8 Å². The van der Waals surface area contributed by atoms with Crippen molar-refractivity contribution < 1.29 is 28.6 Å². The Morgan fingerprint density at radius 2 is 2.08 bits per heavy atom. The van der Waals surface area contributed by atoms with E-state index in [-0.39, 0.29) is 31.6 Å². The van der Waals surface area contributed by atoms with Gasteiger partial charge in [-0.05, 0) is 18.2 Å². The molecule has 1 atom stereocenters. The Balaban J connectivity index is 1.42. The van der Waals surface area contributed by atoms with Crippen LogP contribution in [0, 0.1) is 0 Å². The summed E-state index contributed by atoms with van der Waals surface area (Å²) in [7, 11) is 1.56. The molecule has 0 aliphatic carbocycles. The minimum atomic E-state index is -0.702. The Morgan fingerprint density at radius 1 is 1.23 bits per heavy atom. The number of rotatable bonds is 8. The number of hydrogen-bond donors (Lipinski definition) is 2. The van der Waals surface area contributed by atoms with E-state index in [1.54, 1.807) is 13.2 Å². The van der Waals surface area contributed by atoms with E-state index in [4.69, 9.17) is 19.0 Å². The third-order valence-electron chi connectivity index (χ3n) is 3.95. The van der Waals surface area contributed by atoms with E-state index in [1.165, 1.54) is 0 Å². The topological polar surface area (TPSA) is 107 Å². The van der Waals surface area contributed by atoms with Gasteiger partial charge in [0.1, 0.15) is 0 Å². The van der Waals surface area contributed by atoms with Gasteiger partial charge in [-0.3, -0.25) is 9.59 Å². The van der Waals surface area contributed by atoms with Crippen molar-refractivity contribution in [1.29, 1.82) is 0 Å². The second-order valence-electron chi connectivity index (χ2n) is 5.79. The van der Waals surface area contributed by atoms with Crippen LogP contribution in [0.25, 0.3) is 0 Å². The highest BCUT2D eigenvalue weighted by Crippen LogP contribution is 2.33. The molecule has 140 valence electrons. The van der Waals surface area contributed by atoms with Gasteiger partial charge in [-0.25, -0.2) is 0 Å². The Morgan fingerprint density at radius 3 is 2.92 bits per heavy atom. The van der Waals surface area contributed by atoms with Crippen LogP contribution in [0.4, 0.5) is 0 Å². The first-order valence-corrected chi connectivity index (χ1v) is 8.33. The van der Waals surface area contributed by atoms with Crippen LogP contribution in [-0.2, 0) is 19.2 Å². The first kappa shape index (κ1) is 18.0. The molecule has 0 radical (unpaired) electrons. The maximum Gasteiger partial charge on any atom is 0.264 e. The standard InChI is InChI=1S/C17H21N3O6/c1-23-7-6-18-16(21)4-5-19-17(22)15-9-12(20-26-15)11-2-3-13-14(8-11)25-10-24-13/h2-3,8,15H,4-7,9-10H2,1H3,(H,18,21)(H,19,22). The van der Waals surface area contributed by atoms with Crippen molar-refractivity contribution in [2.24, 2.45) is 5.16 Å². The van der Waals surface area contributed by atoms with Gasteiger partial charge in [0.2, 0.25) is 18.8 Å². The highest BCUT2D eigenvalue weighted by molar-refractivity contribution is 6.04. The zero-order valence-corrected chi connectivity index (χ0v) is 14.4. The number of nitrogens with one attached hydrogen (secondary N) is 2. The van der Waals surface area contributed by atoms with Gasteiger partial charge in [0.25, 0.3) is 5.91 Å². The first-order valence-electron chi connectivity index (χ1n) is 8.33. The minimum Gasteiger partial charge on any atom is -0.454 e.